The second kappa shape index (κ2) is 6.38. The Morgan fingerprint density at radius 3 is 2.86 bits per heavy atom. The molecule has 14 heavy (non-hydrogen) atoms. The maximum absolute atomic E-state index is 5.98. The van der Waals surface area contributed by atoms with Gasteiger partial charge in [-0.2, -0.15) is 0 Å². The van der Waals surface area contributed by atoms with Crippen molar-refractivity contribution in [3.05, 3.63) is 0 Å². The van der Waals surface area contributed by atoms with Gasteiger partial charge in [-0.1, -0.05) is 0 Å². The van der Waals surface area contributed by atoms with Gasteiger partial charge >= 0.3 is 0 Å². The molecule has 0 amide bonds. The molecule has 3 nitrogen and oxygen atoms in total. The zero-order chi connectivity index (χ0) is 10.4. The molecule has 0 saturated carbocycles. The van der Waals surface area contributed by atoms with Gasteiger partial charge in [-0.15, -0.1) is 0 Å². The van der Waals surface area contributed by atoms with Crippen molar-refractivity contribution in [3.63, 3.8) is 0 Å². The molecular weight excluding hydrogens is 178 g/mol. The molecule has 0 aromatic heterocycles. The SMILES string of the molecule is CC(C)OCCC(N)CC1CCCO1. The standard InChI is InChI=1S/C11H23NO2/c1-9(2)13-7-5-10(12)8-11-4-3-6-14-11/h9-11H,3-8,12H2,1-2H3. The summed E-state index contributed by atoms with van der Waals surface area (Å²) in [5.74, 6) is 0. The Morgan fingerprint density at radius 2 is 2.29 bits per heavy atom. The Kier molecular flexibility index (Phi) is 5.45. The van der Waals surface area contributed by atoms with E-state index in [-0.39, 0.29) is 6.04 Å². The third-order valence-corrected chi connectivity index (χ3v) is 2.53. The Morgan fingerprint density at radius 1 is 1.50 bits per heavy atom. The van der Waals surface area contributed by atoms with Gasteiger partial charge in [0.1, 0.15) is 0 Å². The number of ether oxygens (including phenoxy) is 2. The fraction of sp³-hybridized carbons (Fsp3) is 1.00. The van der Waals surface area contributed by atoms with Gasteiger partial charge in [0.15, 0.2) is 0 Å². The molecule has 1 rings (SSSR count). The highest BCUT2D eigenvalue weighted by molar-refractivity contribution is 4.72. The van der Waals surface area contributed by atoms with E-state index in [0.29, 0.717) is 12.2 Å². The first-order valence-corrected chi connectivity index (χ1v) is 5.67. The number of nitrogens with two attached hydrogens (primary N) is 1. The summed E-state index contributed by atoms with van der Waals surface area (Å²) < 4.78 is 11.0. The minimum atomic E-state index is 0.233. The van der Waals surface area contributed by atoms with Gasteiger partial charge in [-0.25, -0.2) is 0 Å². The third-order valence-electron chi connectivity index (χ3n) is 2.53. The van der Waals surface area contributed by atoms with Crippen molar-refractivity contribution < 1.29 is 9.47 Å². The summed E-state index contributed by atoms with van der Waals surface area (Å²) in [5, 5.41) is 0. The van der Waals surface area contributed by atoms with Gasteiger partial charge in [-0.05, 0) is 39.5 Å². The predicted molar refractivity (Wildman–Crippen MR) is 57.3 cm³/mol. The Hall–Kier alpha value is -0.120. The number of rotatable bonds is 6. The maximum atomic E-state index is 5.98. The lowest BCUT2D eigenvalue weighted by Crippen LogP contribution is -2.27. The minimum Gasteiger partial charge on any atom is -0.379 e. The van der Waals surface area contributed by atoms with Gasteiger partial charge in [0.2, 0.25) is 0 Å². The molecule has 3 heteroatoms. The first kappa shape index (κ1) is 12.0. The molecule has 1 aliphatic heterocycles. The van der Waals surface area contributed by atoms with Crippen molar-refractivity contribution in [2.24, 2.45) is 5.73 Å². The average Bonchev–Trinajstić information content (AvgIpc) is 2.56. The van der Waals surface area contributed by atoms with E-state index in [1.54, 1.807) is 0 Å². The summed E-state index contributed by atoms with van der Waals surface area (Å²) in [5.41, 5.74) is 5.98. The zero-order valence-corrected chi connectivity index (χ0v) is 9.37. The highest BCUT2D eigenvalue weighted by Crippen LogP contribution is 2.17. The lowest BCUT2D eigenvalue weighted by molar-refractivity contribution is 0.0637. The van der Waals surface area contributed by atoms with E-state index < -0.39 is 0 Å². The van der Waals surface area contributed by atoms with Crippen molar-refractivity contribution in [2.75, 3.05) is 13.2 Å². The molecule has 1 saturated heterocycles. The van der Waals surface area contributed by atoms with Crippen LogP contribution in [0.15, 0.2) is 0 Å². The van der Waals surface area contributed by atoms with E-state index in [0.717, 1.165) is 26.1 Å². The molecule has 0 spiro atoms. The second-order valence-corrected chi connectivity index (χ2v) is 4.34. The minimum absolute atomic E-state index is 0.233. The molecule has 84 valence electrons. The van der Waals surface area contributed by atoms with Crippen molar-refractivity contribution in [1.29, 1.82) is 0 Å². The molecular formula is C11H23NO2. The van der Waals surface area contributed by atoms with Gasteiger partial charge in [0.05, 0.1) is 12.2 Å². The number of hydrogen-bond donors (Lipinski definition) is 1. The lowest BCUT2D eigenvalue weighted by atomic mass is 10.1. The van der Waals surface area contributed by atoms with Gasteiger partial charge < -0.3 is 15.2 Å². The molecule has 0 aliphatic carbocycles. The van der Waals surface area contributed by atoms with E-state index in [9.17, 15) is 0 Å². The number of hydrogen-bond acceptors (Lipinski definition) is 3. The van der Waals surface area contributed by atoms with Gasteiger partial charge in [-0.3, -0.25) is 0 Å². The molecule has 1 heterocycles. The van der Waals surface area contributed by atoms with Crippen LogP contribution in [0.2, 0.25) is 0 Å². The summed E-state index contributed by atoms with van der Waals surface area (Å²) in [4.78, 5) is 0. The summed E-state index contributed by atoms with van der Waals surface area (Å²) in [6.45, 7) is 5.78. The Labute approximate surface area is 86.9 Å². The van der Waals surface area contributed by atoms with Crippen molar-refractivity contribution in [1.82, 2.24) is 0 Å². The molecule has 0 aromatic rings. The Bertz CT molecular complexity index is 144. The predicted octanol–water partition coefficient (Wildman–Crippen LogP) is 1.70. The smallest absolute Gasteiger partial charge is 0.0590 e. The van der Waals surface area contributed by atoms with Crippen LogP contribution in [0.25, 0.3) is 0 Å². The second-order valence-electron chi connectivity index (χ2n) is 4.34. The van der Waals surface area contributed by atoms with E-state index >= 15 is 0 Å². The Balaban J connectivity index is 2.00. The molecule has 2 unspecified atom stereocenters. The van der Waals surface area contributed by atoms with Crippen LogP contribution in [0.5, 0.6) is 0 Å². The summed E-state index contributed by atoms with van der Waals surface area (Å²) in [6.07, 6.45) is 5.02. The van der Waals surface area contributed by atoms with Crippen molar-refractivity contribution in [2.45, 2.75) is 57.8 Å². The lowest BCUT2D eigenvalue weighted by Gasteiger charge is -2.16. The molecule has 0 radical (unpaired) electrons. The summed E-state index contributed by atoms with van der Waals surface area (Å²) >= 11 is 0. The van der Waals surface area contributed by atoms with E-state index in [1.807, 2.05) is 13.8 Å². The first-order valence-electron chi connectivity index (χ1n) is 5.67. The highest BCUT2D eigenvalue weighted by Gasteiger charge is 2.18. The average molecular weight is 201 g/mol. The molecule has 1 fully saturated rings. The molecule has 2 N–H and O–H groups in total. The third kappa shape index (κ3) is 4.94. The van der Waals surface area contributed by atoms with Crippen LogP contribution in [-0.2, 0) is 9.47 Å². The largest absolute Gasteiger partial charge is 0.379 e. The molecule has 2 atom stereocenters. The first-order chi connectivity index (χ1) is 6.68. The summed E-state index contributed by atoms with van der Waals surface area (Å²) in [7, 11) is 0. The fourth-order valence-corrected chi connectivity index (χ4v) is 1.74. The van der Waals surface area contributed by atoms with Gasteiger partial charge in [0, 0.05) is 19.3 Å². The van der Waals surface area contributed by atoms with Crippen LogP contribution < -0.4 is 5.73 Å². The molecule has 1 aliphatic rings. The maximum Gasteiger partial charge on any atom is 0.0590 e. The summed E-state index contributed by atoms with van der Waals surface area (Å²) in [6, 6.07) is 0.233. The normalized spacial score (nSPS) is 24.4. The van der Waals surface area contributed by atoms with Gasteiger partial charge in [0.25, 0.3) is 0 Å². The zero-order valence-electron chi connectivity index (χ0n) is 9.37. The highest BCUT2D eigenvalue weighted by atomic mass is 16.5. The van der Waals surface area contributed by atoms with Crippen molar-refractivity contribution >= 4 is 0 Å². The fourth-order valence-electron chi connectivity index (χ4n) is 1.74. The van der Waals surface area contributed by atoms with E-state index in [1.165, 1.54) is 12.8 Å². The van der Waals surface area contributed by atoms with Crippen LogP contribution in [-0.4, -0.2) is 31.5 Å². The van der Waals surface area contributed by atoms with Crippen LogP contribution in [0.3, 0.4) is 0 Å². The van der Waals surface area contributed by atoms with Crippen LogP contribution in [0.4, 0.5) is 0 Å². The molecule has 0 bridgehead atoms. The monoisotopic (exact) mass is 201 g/mol. The quantitative estimate of drug-likeness (QED) is 0.711. The van der Waals surface area contributed by atoms with Crippen LogP contribution >= 0.6 is 0 Å². The van der Waals surface area contributed by atoms with Crippen molar-refractivity contribution in [3.8, 4) is 0 Å². The topological polar surface area (TPSA) is 44.5 Å². The van der Waals surface area contributed by atoms with E-state index in [4.69, 9.17) is 15.2 Å². The molecule has 0 aromatic carbocycles. The van der Waals surface area contributed by atoms with Crippen LogP contribution in [0.1, 0.15) is 39.5 Å². The van der Waals surface area contributed by atoms with E-state index in [2.05, 4.69) is 0 Å². The van der Waals surface area contributed by atoms with Crippen LogP contribution in [0, 0.1) is 0 Å².